The number of hydrogen-bond acceptors (Lipinski definition) is 6. The van der Waals surface area contributed by atoms with E-state index >= 15 is 0 Å². The summed E-state index contributed by atoms with van der Waals surface area (Å²) in [6, 6.07) is 11.1. The maximum absolute atomic E-state index is 11.9. The van der Waals surface area contributed by atoms with E-state index in [4.69, 9.17) is 23.7 Å². The fourth-order valence-electron chi connectivity index (χ4n) is 2.44. The first-order valence-corrected chi connectivity index (χ1v) is 8.56. The van der Waals surface area contributed by atoms with Crippen molar-refractivity contribution in [3.63, 3.8) is 0 Å². The number of hydrogen-bond donors (Lipinski definition) is 0. The zero-order chi connectivity index (χ0) is 20.4. The van der Waals surface area contributed by atoms with Crippen LogP contribution in [0.25, 0.3) is 12.2 Å². The lowest BCUT2D eigenvalue weighted by Crippen LogP contribution is -2.00. The third-order valence-corrected chi connectivity index (χ3v) is 3.85. The standard InChI is InChI=1S/C22H24O6/c1-24-18-10-7-16(8-11-18)6-5-13-28-21(23)12-9-17-14-19(25-2)22(27-4)20(15-17)26-3/h5-12,14-15H,13H2,1-4H3/b6-5+,12-9+. The number of esters is 1. The second-order valence-corrected chi connectivity index (χ2v) is 5.60. The Balaban J connectivity index is 1.93. The number of carbonyl (C=O) groups excluding carboxylic acids is 1. The lowest BCUT2D eigenvalue weighted by molar-refractivity contribution is -0.136. The Hall–Kier alpha value is -3.41. The normalized spacial score (nSPS) is 10.9. The number of benzene rings is 2. The molecule has 0 aliphatic rings. The molecule has 0 bridgehead atoms. The Bertz CT molecular complexity index is 812. The van der Waals surface area contributed by atoms with Crippen LogP contribution in [0, 0.1) is 0 Å². The van der Waals surface area contributed by atoms with E-state index < -0.39 is 5.97 Å². The predicted octanol–water partition coefficient (Wildman–Crippen LogP) is 3.99. The lowest BCUT2D eigenvalue weighted by atomic mass is 10.1. The van der Waals surface area contributed by atoms with Crippen molar-refractivity contribution in [1.82, 2.24) is 0 Å². The van der Waals surface area contributed by atoms with E-state index in [2.05, 4.69) is 0 Å². The first-order chi connectivity index (χ1) is 13.6. The van der Waals surface area contributed by atoms with Crippen LogP contribution in [0.5, 0.6) is 23.0 Å². The molecular formula is C22H24O6. The van der Waals surface area contributed by atoms with Crippen LogP contribution in [0.15, 0.2) is 48.6 Å². The second-order valence-electron chi connectivity index (χ2n) is 5.60. The van der Waals surface area contributed by atoms with E-state index in [1.165, 1.54) is 27.4 Å². The lowest BCUT2D eigenvalue weighted by Gasteiger charge is -2.12. The highest BCUT2D eigenvalue weighted by atomic mass is 16.5. The van der Waals surface area contributed by atoms with Gasteiger partial charge in [0, 0.05) is 6.08 Å². The summed E-state index contributed by atoms with van der Waals surface area (Å²) in [6.45, 7) is 0.171. The van der Waals surface area contributed by atoms with Crippen molar-refractivity contribution >= 4 is 18.1 Å². The van der Waals surface area contributed by atoms with Gasteiger partial charge in [0.15, 0.2) is 11.5 Å². The van der Waals surface area contributed by atoms with Crippen molar-refractivity contribution in [3.05, 3.63) is 59.7 Å². The molecule has 0 unspecified atom stereocenters. The maximum Gasteiger partial charge on any atom is 0.331 e. The minimum atomic E-state index is -0.451. The van der Waals surface area contributed by atoms with Gasteiger partial charge in [0.05, 0.1) is 28.4 Å². The summed E-state index contributed by atoms with van der Waals surface area (Å²) >= 11 is 0. The first-order valence-electron chi connectivity index (χ1n) is 8.56. The number of carbonyl (C=O) groups is 1. The minimum absolute atomic E-state index is 0.171. The summed E-state index contributed by atoms with van der Waals surface area (Å²) in [6.07, 6.45) is 6.62. The summed E-state index contributed by atoms with van der Waals surface area (Å²) in [7, 11) is 6.23. The average Bonchev–Trinajstić information content (AvgIpc) is 2.74. The molecule has 0 spiro atoms. The van der Waals surface area contributed by atoms with Crippen LogP contribution < -0.4 is 18.9 Å². The molecule has 2 rings (SSSR count). The van der Waals surface area contributed by atoms with Gasteiger partial charge in [0.25, 0.3) is 0 Å². The smallest absolute Gasteiger partial charge is 0.331 e. The van der Waals surface area contributed by atoms with Crippen LogP contribution in [0.4, 0.5) is 0 Å². The Labute approximate surface area is 164 Å². The topological polar surface area (TPSA) is 63.2 Å². The van der Waals surface area contributed by atoms with E-state index in [1.54, 1.807) is 31.4 Å². The highest BCUT2D eigenvalue weighted by molar-refractivity contribution is 5.87. The van der Waals surface area contributed by atoms with Gasteiger partial charge in [0.1, 0.15) is 12.4 Å². The van der Waals surface area contributed by atoms with Crippen molar-refractivity contribution < 1.29 is 28.5 Å². The van der Waals surface area contributed by atoms with Gasteiger partial charge in [-0.2, -0.15) is 0 Å². The molecule has 6 heteroatoms. The Morgan fingerprint density at radius 1 is 0.821 bits per heavy atom. The Kier molecular flexibility index (Phi) is 7.96. The summed E-state index contributed by atoms with van der Waals surface area (Å²) in [5.74, 6) is 1.86. The van der Waals surface area contributed by atoms with Crippen LogP contribution >= 0.6 is 0 Å². The maximum atomic E-state index is 11.9. The van der Waals surface area contributed by atoms with Crippen LogP contribution in [0.2, 0.25) is 0 Å². The molecule has 0 N–H and O–H groups in total. The largest absolute Gasteiger partial charge is 0.497 e. The first kappa shape index (κ1) is 20.9. The van der Waals surface area contributed by atoms with Crippen molar-refractivity contribution in [2.75, 3.05) is 35.0 Å². The summed E-state index contributed by atoms with van der Waals surface area (Å²) in [4.78, 5) is 11.9. The molecule has 2 aromatic carbocycles. The zero-order valence-corrected chi connectivity index (χ0v) is 16.4. The highest BCUT2D eigenvalue weighted by Crippen LogP contribution is 2.38. The van der Waals surface area contributed by atoms with Gasteiger partial charge >= 0.3 is 5.97 Å². The number of rotatable bonds is 9. The van der Waals surface area contributed by atoms with Crippen molar-refractivity contribution in [1.29, 1.82) is 0 Å². The quantitative estimate of drug-likeness (QED) is 0.481. The van der Waals surface area contributed by atoms with Crippen molar-refractivity contribution in [3.8, 4) is 23.0 Å². The van der Waals surface area contributed by atoms with Crippen LogP contribution in [-0.2, 0) is 9.53 Å². The van der Waals surface area contributed by atoms with E-state index in [1.807, 2.05) is 30.3 Å². The third kappa shape index (κ3) is 5.81. The monoisotopic (exact) mass is 384 g/mol. The highest BCUT2D eigenvalue weighted by Gasteiger charge is 2.12. The van der Waals surface area contributed by atoms with E-state index in [-0.39, 0.29) is 6.61 Å². The molecule has 0 atom stereocenters. The Morgan fingerprint density at radius 3 is 2.00 bits per heavy atom. The zero-order valence-electron chi connectivity index (χ0n) is 16.4. The summed E-state index contributed by atoms with van der Waals surface area (Å²) < 4.78 is 26.1. The van der Waals surface area contributed by atoms with E-state index in [0.717, 1.165) is 16.9 Å². The van der Waals surface area contributed by atoms with E-state index in [9.17, 15) is 4.79 Å². The molecule has 148 valence electrons. The summed E-state index contributed by atoms with van der Waals surface area (Å²) in [5, 5.41) is 0. The van der Waals surface area contributed by atoms with Crippen LogP contribution in [-0.4, -0.2) is 41.0 Å². The molecule has 0 radical (unpaired) electrons. The van der Waals surface area contributed by atoms with Gasteiger partial charge in [-0.1, -0.05) is 18.2 Å². The molecule has 0 saturated heterocycles. The van der Waals surface area contributed by atoms with Gasteiger partial charge < -0.3 is 23.7 Å². The van der Waals surface area contributed by atoms with Gasteiger partial charge in [-0.3, -0.25) is 0 Å². The molecule has 28 heavy (non-hydrogen) atoms. The third-order valence-electron chi connectivity index (χ3n) is 3.85. The molecule has 0 aliphatic carbocycles. The Morgan fingerprint density at radius 2 is 1.46 bits per heavy atom. The molecule has 0 saturated carbocycles. The molecule has 0 aliphatic heterocycles. The fraction of sp³-hybridized carbons (Fsp3) is 0.227. The molecular weight excluding hydrogens is 360 g/mol. The van der Waals surface area contributed by atoms with Gasteiger partial charge in [-0.25, -0.2) is 4.79 Å². The van der Waals surface area contributed by atoms with E-state index in [0.29, 0.717) is 17.2 Å². The van der Waals surface area contributed by atoms with Crippen LogP contribution in [0.1, 0.15) is 11.1 Å². The molecule has 6 nitrogen and oxygen atoms in total. The number of methoxy groups -OCH3 is 4. The van der Waals surface area contributed by atoms with Gasteiger partial charge in [-0.05, 0) is 47.5 Å². The van der Waals surface area contributed by atoms with Crippen molar-refractivity contribution in [2.45, 2.75) is 0 Å². The second kappa shape index (κ2) is 10.7. The van der Waals surface area contributed by atoms with Crippen molar-refractivity contribution in [2.24, 2.45) is 0 Å². The molecule has 0 heterocycles. The minimum Gasteiger partial charge on any atom is -0.497 e. The molecule has 0 amide bonds. The van der Waals surface area contributed by atoms with Gasteiger partial charge in [0.2, 0.25) is 5.75 Å². The van der Waals surface area contributed by atoms with Gasteiger partial charge in [-0.15, -0.1) is 0 Å². The average molecular weight is 384 g/mol. The molecule has 0 aromatic heterocycles. The summed E-state index contributed by atoms with van der Waals surface area (Å²) in [5.41, 5.74) is 1.71. The number of ether oxygens (including phenoxy) is 5. The van der Waals surface area contributed by atoms with Crippen LogP contribution in [0.3, 0.4) is 0 Å². The predicted molar refractivity (Wildman–Crippen MR) is 108 cm³/mol. The molecule has 2 aromatic rings. The molecule has 0 fully saturated rings. The fourth-order valence-corrected chi connectivity index (χ4v) is 2.44. The SMILES string of the molecule is COc1ccc(/C=C/COC(=O)/C=C/c2cc(OC)c(OC)c(OC)c2)cc1.